The Morgan fingerprint density at radius 3 is 2.34 bits per heavy atom. The van der Waals surface area contributed by atoms with E-state index in [1.807, 2.05) is 6.07 Å². The molecule has 0 spiro atoms. The fourth-order valence-corrected chi connectivity index (χ4v) is 4.44. The van der Waals surface area contributed by atoms with Crippen LogP contribution < -0.4 is 10.6 Å². The molecule has 38 heavy (non-hydrogen) atoms. The lowest BCUT2D eigenvalue weighted by Gasteiger charge is -2.37. The van der Waals surface area contributed by atoms with Gasteiger partial charge in [-0.3, -0.25) is 4.90 Å². The molecule has 1 unspecified atom stereocenters. The third-order valence-corrected chi connectivity index (χ3v) is 6.03. The summed E-state index contributed by atoms with van der Waals surface area (Å²) in [5.41, 5.74) is 6.73. The summed E-state index contributed by atoms with van der Waals surface area (Å²) in [6, 6.07) is 13.5. The summed E-state index contributed by atoms with van der Waals surface area (Å²) in [6.45, 7) is 1.59. The van der Waals surface area contributed by atoms with Crippen LogP contribution in [-0.2, 0) is 19.1 Å². The van der Waals surface area contributed by atoms with Gasteiger partial charge in [0.15, 0.2) is 0 Å². The van der Waals surface area contributed by atoms with E-state index in [-0.39, 0.29) is 33.9 Å². The lowest BCUT2D eigenvalue weighted by molar-refractivity contribution is -0.139. The molecule has 1 aliphatic heterocycles. The number of esters is 2. The first-order valence-corrected chi connectivity index (χ1v) is 11.1. The summed E-state index contributed by atoms with van der Waals surface area (Å²) >= 11 is 0. The SMILES string of the molecule is COC(=O)C1=C(C(=O)OC)N(c2c(C)cc(-n3cncn3)cc2C(=O)O)C(N)=C(C#N)C1c1ccccc1. The van der Waals surface area contributed by atoms with Crippen molar-refractivity contribution < 1.29 is 29.0 Å². The minimum Gasteiger partial charge on any atom is -0.478 e. The summed E-state index contributed by atoms with van der Waals surface area (Å²) in [5.74, 6) is -4.58. The number of hydrogen-bond donors (Lipinski definition) is 2. The first-order chi connectivity index (χ1) is 18.2. The van der Waals surface area contributed by atoms with Crippen molar-refractivity contribution in [3.05, 3.63) is 94.5 Å². The molecule has 0 amide bonds. The minimum atomic E-state index is -1.36. The third kappa shape index (κ3) is 4.22. The summed E-state index contributed by atoms with van der Waals surface area (Å²) < 4.78 is 11.4. The van der Waals surface area contributed by atoms with E-state index in [0.717, 1.165) is 19.1 Å². The van der Waals surface area contributed by atoms with Crippen molar-refractivity contribution in [3.63, 3.8) is 0 Å². The van der Waals surface area contributed by atoms with Gasteiger partial charge in [0.05, 0.1) is 54.3 Å². The molecule has 3 aromatic rings. The molecule has 4 rings (SSSR count). The molecule has 0 saturated heterocycles. The Kier molecular flexibility index (Phi) is 6.93. The molecule has 2 aromatic carbocycles. The van der Waals surface area contributed by atoms with Crippen molar-refractivity contribution in [2.24, 2.45) is 5.73 Å². The maximum Gasteiger partial charge on any atom is 0.355 e. The number of benzene rings is 2. The lowest BCUT2D eigenvalue weighted by atomic mass is 9.80. The van der Waals surface area contributed by atoms with Gasteiger partial charge in [-0.1, -0.05) is 30.3 Å². The number of aromatic nitrogens is 3. The predicted octanol–water partition coefficient (Wildman–Crippen LogP) is 2.17. The van der Waals surface area contributed by atoms with Crippen molar-refractivity contribution >= 4 is 23.6 Å². The monoisotopic (exact) mass is 514 g/mol. The number of nitriles is 1. The van der Waals surface area contributed by atoms with E-state index in [0.29, 0.717) is 16.8 Å². The smallest absolute Gasteiger partial charge is 0.355 e. The Hall–Kier alpha value is -5.44. The zero-order valence-corrected chi connectivity index (χ0v) is 20.6. The minimum absolute atomic E-state index is 0.0417. The zero-order valence-electron chi connectivity index (χ0n) is 20.6. The number of carboxylic acid groups (broad SMARTS) is 1. The number of carboxylic acids is 1. The summed E-state index contributed by atoms with van der Waals surface area (Å²) in [4.78, 5) is 43.9. The van der Waals surface area contributed by atoms with Crippen LogP contribution >= 0.6 is 0 Å². The van der Waals surface area contributed by atoms with Gasteiger partial charge >= 0.3 is 17.9 Å². The summed E-state index contributed by atoms with van der Waals surface area (Å²) in [7, 11) is 2.24. The summed E-state index contributed by atoms with van der Waals surface area (Å²) in [5, 5.41) is 24.4. The van der Waals surface area contributed by atoms with E-state index in [1.54, 1.807) is 43.3 Å². The molecule has 0 fully saturated rings. The number of carbonyl (C=O) groups is 3. The van der Waals surface area contributed by atoms with Gasteiger partial charge in [0.25, 0.3) is 0 Å². The number of aromatic carboxylic acids is 1. The number of carbonyl (C=O) groups excluding carboxylic acids is 2. The molecule has 0 saturated carbocycles. The van der Waals surface area contributed by atoms with Crippen molar-refractivity contribution in [2.45, 2.75) is 12.8 Å². The number of nitrogens with two attached hydrogens (primary N) is 1. The topological polar surface area (TPSA) is 174 Å². The van der Waals surface area contributed by atoms with Gasteiger partial charge in [-0.05, 0) is 30.2 Å². The molecule has 1 aromatic heterocycles. The van der Waals surface area contributed by atoms with Gasteiger partial charge in [0.2, 0.25) is 0 Å². The van der Waals surface area contributed by atoms with Crippen molar-refractivity contribution in [2.75, 3.05) is 19.1 Å². The van der Waals surface area contributed by atoms with E-state index in [1.165, 1.54) is 23.4 Å². The highest BCUT2D eigenvalue weighted by molar-refractivity contribution is 6.08. The maximum absolute atomic E-state index is 13.3. The Balaban J connectivity index is 2.12. The van der Waals surface area contributed by atoms with Crippen molar-refractivity contribution in [1.82, 2.24) is 14.8 Å². The zero-order chi connectivity index (χ0) is 27.6. The summed E-state index contributed by atoms with van der Waals surface area (Å²) in [6.07, 6.45) is 2.68. The van der Waals surface area contributed by atoms with Crippen LogP contribution in [0.1, 0.15) is 27.4 Å². The Labute approximate surface area is 216 Å². The van der Waals surface area contributed by atoms with Gasteiger partial charge in [0, 0.05) is 0 Å². The fraction of sp³-hybridized carbons (Fsp3) is 0.154. The highest BCUT2D eigenvalue weighted by Crippen LogP contribution is 2.45. The van der Waals surface area contributed by atoms with Gasteiger partial charge in [-0.25, -0.2) is 24.0 Å². The number of nitrogens with zero attached hydrogens (tertiary/aromatic N) is 5. The number of allylic oxidation sites excluding steroid dienone is 1. The molecule has 0 aliphatic carbocycles. The lowest BCUT2D eigenvalue weighted by Crippen LogP contribution is -2.41. The molecular weight excluding hydrogens is 492 g/mol. The Morgan fingerprint density at radius 2 is 1.79 bits per heavy atom. The standard InChI is InChI=1S/C26H22N6O6/c1-14-9-16(31-13-29-12-30-31)10-17(24(33)34)21(14)32-22(26(36)38-3)20(25(35)37-2)19(18(11-27)23(32)28)15-7-5-4-6-8-15/h4-10,12-13,19H,28H2,1-3H3,(H,33,34). The van der Waals surface area contributed by atoms with Crippen LogP contribution in [0.5, 0.6) is 0 Å². The molecule has 192 valence electrons. The predicted molar refractivity (Wildman–Crippen MR) is 133 cm³/mol. The van der Waals surface area contributed by atoms with Gasteiger partial charge < -0.3 is 20.3 Å². The van der Waals surface area contributed by atoms with E-state index >= 15 is 0 Å². The van der Waals surface area contributed by atoms with Gasteiger partial charge in [-0.15, -0.1) is 0 Å². The van der Waals surface area contributed by atoms with Crippen molar-refractivity contribution in [1.29, 1.82) is 5.26 Å². The molecule has 1 atom stereocenters. The van der Waals surface area contributed by atoms with Crippen LogP contribution in [0.2, 0.25) is 0 Å². The molecular formula is C26H22N6O6. The van der Waals surface area contributed by atoms with E-state index < -0.39 is 23.8 Å². The van der Waals surface area contributed by atoms with E-state index in [9.17, 15) is 24.8 Å². The second-order valence-electron chi connectivity index (χ2n) is 8.14. The van der Waals surface area contributed by atoms with Gasteiger partial charge in [-0.2, -0.15) is 10.4 Å². The van der Waals surface area contributed by atoms with Crippen LogP contribution in [0.3, 0.4) is 0 Å². The van der Waals surface area contributed by atoms with Gasteiger partial charge in [0.1, 0.15) is 24.2 Å². The normalized spacial score (nSPS) is 15.2. The number of ether oxygens (including phenoxy) is 2. The molecule has 0 bridgehead atoms. The second-order valence-corrected chi connectivity index (χ2v) is 8.14. The van der Waals surface area contributed by atoms with Crippen LogP contribution in [0.4, 0.5) is 5.69 Å². The van der Waals surface area contributed by atoms with E-state index in [4.69, 9.17) is 15.2 Å². The Morgan fingerprint density at radius 1 is 1.11 bits per heavy atom. The van der Waals surface area contributed by atoms with E-state index in [2.05, 4.69) is 10.1 Å². The first kappa shape index (κ1) is 25.6. The third-order valence-electron chi connectivity index (χ3n) is 6.03. The molecule has 12 heteroatoms. The number of anilines is 1. The largest absolute Gasteiger partial charge is 0.478 e. The first-order valence-electron chi connectivity index (χ1n) is 11.1. The van der Waals surface area contributed by atoms with Crippen molar-refractivity contribution in [3.8, 4) is 11.8 Å². The van der Waals surface area contributed by atoms with Crippen LogP contribution in [-0.4, -0.2) is 52.0 Å². The maximum atomic E-state index is 13.3. The number of rotatable bonds is 6. The number of methoxy groups -OCH3 is 2. The average molecular weight is 514 g/mol. The molecule has 2 heterocycles. The Bertz CT molecular complexity index is 1540. The number of aryl methyl sites for hydroxylation is 1. The number of hydrogen-bond acceptors (Lipinski definition) is 10. The average Bonchev–Trinajstić information content (AvgIpc) is 3.47. The van der Waals surface area contributed by atoms with Crippen LogP contribution in [0.15, 0.2) is 77.8 Å². The highest BCUT2D eigenvalue weighted by atomic mass is 16.5. The van der Waals surface area contributed by atoms with Crippen LogP contribution in [0.25, 0.3) is 5.69 Å². The fourth-order valence-electron chi connectivity index (χ4n) is 4.44. The quantitative estimate of drug-likeness (QED) is 0.461. The molecule has 12 nitrogen and oxygen atoms in total. The second kappa shape index (κ2) is 10.3. The molecule has 3 N–H and O–H groups in total. The molecule has 0 radical (unpaired) electrons. The van der Waals surface area contributed by atoms with Crippen LogP contribution in [0, 0.1) is 18.3 Å². The molecule has 1 aliphatic rings. The highest BCUT2D eigenvalue weighted by Gasteiger charge is 2.44.